The molecule has 0 aliphatic heterocycles. The highest BCUT2D eigenvalue weighted by atomic mass is 16.3. The Morgan fingerprint density at radius 3 is 2.00 bits per heavy atom. The van der Waals surface area contributed by atoms with E-state index in [0.29, 0.717) is 17.4 Å². The molecule has 0 atom stereocenters. The van der Waals surface area contributed by atoms with Crippen molar-refractivity contribution in [3.63, 3.8) is 0 Å². The second-order valence-electron chi connectivity index (χ2n) is 7.37. The molecule has 4 aliphatic rings. The molecule has 1 aromatic rings. The zero-order valence-electron chi connectivity index (χ0n) is 12.3. The molecule has 4 bridgehead atoms. The van der Waals surface area contributed by atoms with Gasteiger partial charge in [0.1, 0.15) is 0 Å². The van der Waals surface area contributed by atoms with Crippen LogP contribution >= 0.6 is 0 Å². The zero-order chi connectivity index (χ0) is 15.6. The van der Waals surface area contributed by atoms with E-state index in [-0.39, 0.29) is 17.2 Å². The molecular formula is C17H21NO4. The SMILES string of the molecule is NC(=O)c1cc(O)c(O)c(O)c1C1C2CC3CC(C2)CC1C3. The van der Waals surface area contributed by atoms with Crippen LogP contribution in [0.25, 0.3) is 0 Å². The summed E-state index contributed by atoms with van der Waals surface area (Å²) in [5.74, 6) is 0.371. The Morgan fingerprint density at radius 1 is 0.955 bits per heavy atom. The van der Waals surface area contributed by atoms with Gasteiger partial charge in [-0.15, -0.1) is 0 Å². The normalized spacial score (nSPS) is 35.7. The first-order chi connectivity index (χ1) is 10.5. The molecule has 4 aliphatic carbocycles. The molecule has 22 heavy (non-hydrogen) atoms. The molecular weight excluding hydrogens is 282 g/mol. The van der Waals surface area contributed by atoms with Gasteiger partial charge in [0.15, 0.2) is 11.5 Å². The first-order valence-corrected chi connectivity index (χ1v) is 8.03. The summed E-state index contributed by atoms with van der Waals surface area (Å²) >= 11 is 0. The number of benzene rings is 1. The van der Waals surface area contributed by atoms with Crippen LogP contribution in [0.5, 0.6) is 17.2 Å². The highest BCUT2D eigenvalue weighted by Gasteiger charge is 2.50. The molecule has 4 saturated carbocycles. The number of hydrogen-bond donors (Lipinski definition) is 4. The number of amides is 1. The Hall–Kier alpha value is -1.91. The Labute approximate surface area is 128 Å². The molecule has 0 radical (unpaired) electrons. The van der Waals surface area contributed by atoms with Crippen molar-refractivity contribution < 1.29 is 20.1 Å². The summed E-state index contributed by atoms with van der Waals surface area (Å²) in [6.45, 7) is 0. The van der Waals surface area contributed by atoms with Gasteiger partial charge in [0.25, 0.3) is 0 Å². The highest BCUT2D eigenvalue weighted by Crippen LogP contribution is 2.62. The maximum atomic E-state index is 11.8. The van der Waals surface area contributed by atoms with Crippen LogP contribution in [0.4, 0.5) is 0 Å². The van der Waals surface area contributed by atoms with Crippen LogP contribution in [0.2, 0.25) is 0 Å². The van der Waals surface area contributed by atoms with Gasteiger partial charge in [-0.1, -0.05) is 0 Å². The van der Waals surface area contributed by atoms with Gasteiger partial charge in [-0.2, -0.15) is 0 Å². The first-order valence-electron chi connectivity index (χ1n) is 8.03. The lowest BCUT2D eigenvalue weighted by molar-refractivity contribution is -0.00379. The highest BCUT2D eigenvalue weighted by molar-refractivity contribution is 5.96. The molecule has 0 aromatic heterocycles. The summed E-state index contributed by atoms with van der Waals surface area (Å²) < 4.78 is 0. The van der Waals surface area contributed by atoms with Crippen LogP contribution in [0.1, 0.15) is 53.9 Å². The largest absolute Gasteiger partial charge is 0.504 e. The fourth-order valence-electron chi connectivity index (χ4n) is 5.60. The standard InChI is InChI=1S/C17H21NO4/c18-17(22)11-6-12(19)15(20)16(21)14(11)13-9-2-7-1-8(4-9)5-10(13)3-7/h6-10,13,19-21H,1-5H2,(H2,18,22). The summed E-state index contributed by atoms with van der Waals surface area (Å²) in [6.07, 6.45) is 5.80. The third-order valence-corrected chi connectivity index (χ3v) is 6.12. The van der Waals surface area contributed by atoms with E-state index in [2.05, 4.69) is 0 Å². The molecule has 118 valence electrons. The molecule has 0 spiro atoms. The molecule has 1 amide bonds. The van der Waals surface area contributed by atoms with Crippen molar-refractivity contribution in [3.05, 3.63) is 17.2 Å². The summed E-state index contributed by atoms with van der Waals surface area (Å²) in [4.78, 5) is 11.8. The van der Waals surface area contributed by atoms with E-state index < -0.39 is 17.4 Å². The van der Waals surface area contributed by atoms with Crippen molar-refractivity contribution in [2.24, 2.45) is 29.4 Å². The first kappa shape index (κ1) is 13.7. The van der Waals surface area contributed by atoms with Crippen LogP contribution < -0.4 is 5.73 Å². The van der Waals surface area contributed by atoms with Crippen LogP contribution in [0.3, 0.4) is 0 Å². The molecule has 5 N–H and O–H groups in total. The minimum atomic E-state index is -0.672. The van der Waals surface area contributed by atoms with Crippen molar-refractivity contribution in [2.75, 3.05) is 0 Å². The summed E-state index contributed by atoms with van der Waals surface area (Å²) in [6, 6.07) is 1.19. The van der Waals surface area contributed by atoms with Gasteiger partial charge < -0.3 is 21.1 Å². The van der Waals surface area contributed by atoms with Crippen LogP contribution in [0, 0.1) is 23.7 Å². The molecule has 0 saturated heterocycles. The number of carbonyl (C=O) groups excluding carboxylic acids is 1. The number of carbonyl (C=O) groups is 1. The maximum Gasteiger partial charge on any atom is 0.249 e. The predicted octanol–water partition coefficient (Wildman–Crippen LogP) is 2.44. The van der Waals surface area contributed by atoms with Crippen molar-refractivity contribution in [2.45, 2.75) is 38.0 Å². The lowest BCUT2D eigenvalue weighted by Crippen LogP contribution is -2.44. The summed E-state index contributed by atoms with van der Waals surface area (Å²) in [5.41, 5.74) is 6.05. The van der Waals surface area contributed by atoms with Crippen LogP contribution in [-0.4, -0.2) is 21.2 Å². The lowest BCUT2D eigenvalue weighted by atomic mass is 9.50. The molecule has 5 heteroatoms. The minimum absolute atomic E-state index is 0.0572. The number of aromatic hydroxyl groups is 3. The second kappa shape index (κ2) is 4.54. The quantitative estimate of drug-likeness (QED) is 0.630. The maximum absolute atomic E-state index is 11.8. The van der Waals surface area contributed by atoms with Gasteiger partial charge in [0, 0.05) is 5.56 Å². The van der Waals surface area contributed by atoms with Gasteiger partial charge in [-0.3, -0.25) is 4.79 Å². The van der Waals surface area contributed by atoms with Crippen molar-refractivity contribution in [1.82, 2.24) is 0 Å². The van der Waals surface area contributed by atoms with Crippen molar-refractivity contribution in [3.8, 4) is 17.2 Å². The smallest absolute Gasteiger partial charge is 0.249 e. The number of primary amides is 1. The van der Waals surface area contributed by atoms with Gasteiger partial charge in [0.2, 0.25) is 11.7 Å². The minimum Gasteiger partial charge on any atom is -0.504 e. The van der Waals surface area contributed by atoms with E-state index in [9.17, 15) is 20.1 Å². The van der Waals surface area contributed by atoms with E-state index in [1.807, 2.05) is 0 Å². The number of rotatable bonds is 2. The molecule has 5 nitrogen and oxygen atoms in total. The zero-order valence-corrected chi connectivity index (χ0v) is 12.3. The number of phenolic OH excluding ortho intramolecular Hbond substituents is 3. The fraction of sp³-hybridized carbons (Fsp3) is 0.588. The Bertz CT molecular complexity index is 627. The van der Waals surface area contributed by atoms with Crippen molar-refractivity contribution >= 4 is 5.91 Å². The Kier molecular flexibility index (Phi) is 2.83. The predicted molar refractivity (Wildman–Crippen MR) is 79.7 cm³/mol. The second-order valence-corrected chi connectivity index (χ2v) is 7.37. The van der Waals surface area contributed by atoms with Gasteiger partial charge in [0.05, 0.1) is 5.56 Å². The molecule has 4 fully saturated rings. The third-order valence-electron chi connectivity index (χ3n) is 6.12. The Morgan fingerprint density at radius 2 is 1.50 bits per heavy atom. The third kappa shape index (κ3) is 1.81. The summed E-state index contributed by atoms with van der Waals surface area (Å²) in [7, 11) is 0. The Balaban J connectivity index is 1.85. The average molecular weight is 303 g/mol. The van der Waals surface area contributed by atoms with Gasteiger partial charge in [-0.25, -0.2) is 0 Å². The van der Waals surface area contributed by atoms with E-state index in [0.717, 1.165) is 37.5 Å². The molecule has 0 heterocycles. The van der Waals surface area contributed by atoms with Gasteiger partial charge in [-0.05, 0) is 67.8 Å². The van der Waals surface area contributed by atoms with Crippen LogP contribution in [-0.2, 0) is 0 Å². The molecule has 5 rings (SSSR count). The van der Waals surface area contributed by atoms with E-state index in [1.54, 1.807) is 0 Å². The topological polar surface area (TPSA) is 104 Å². The lowest BCUT2D eigenvalue weighted by Gasteiger charge is -2.54. The average Bonchev–Trinajstić information content (AvgIpc) is 2.45. The van der Waals surface area contributed by atoms with Crippen LogP contribution in [0.15, 0.2) is 6.07 Å². The number of hydrogen-bond acceptors (Lipinski definition) is 4. The monoisotopic (exact) mass is 303 g/mol. The number of nitrogens with two attached hydrogens (primary N) is 1. The fourth-order valence-corrected chi connectivity index (χ4v) is 5.60. The summed E-state index contributed by atoms with van der Waals surface area (Å²) in [5, 5.41) is 30.0. The molecule has 0 unspecified atom stereocenters. The number of phenols is 3. The van der Waals surface area contributed by atoms with E-state index in [4.69, 9.17) is 5.73 Å². The van der Waals surface area contributed by atoms with Crippen molar-refractivity contribution in [1.29, 1.82) is 0 Å². The van der Waals surface area contributed by atoms with E-state index >= 15 is 0 Å². The molecule has 1 aromatic carbocycles. The van der Waals surface area contributed by atoms with Gasteiger partial charge >= 0.3 is 0 Å². The van der Waals surface area contributed by atoms with E-state index in [1.165, 1.54) is 12.5 Å².